The molecule has 0 amide bonds. The van der Waals surface area contributed by atoms with Crippen molar-refractivity contribution >= 4 is 10.9 Å². The van der Waals surface area contributed by atoms with Crippen molar-refractivity contribution in [3.8, 4) is 11.3 Å². The van der Waals surface area contributed by atoms with E-state index in [-0.39, 0.29) is 6.42 Å². The van der Waals surface area contributed by atoms with Crippen molar-refractivity contribution in [2.75, 3.05) is 0 Å². The summed E-state index contributed by atoms with van der Waals surface area (Å²) in [5, 5.41) is 0.943. The summed E-state index contributed by atoms with van der Waals surface area (Å²) in [6.07, 6.45) is -3.27. The molecule has 136 valence electrons. The molecule has 2 nitrogen and oxygen atoms in total. The fourth-order valence-electron chi connectivity index (χ4n) is 3.34. The Kier molecular flexibility index (Phi) is 4.74. The van der Waals surface area contributed by atoms with E-state index in [4.69, 9.17) is 0 Å². The van der Waals surface area contributed by atoms with Gasteiger partial charge in [0.25, 0.3) is 6.33 Å². The van der Waals surface area contributed by atoms with Gasteiger partial charge in [0.15, 0.2) is 5.52 Å². The maximum atomic E-state index is 12.5. The Bertz CT molecular complexity index is 975. The molecule has 1 heterocycles. The van der Waals surface area contributed by atoms with Crippen LogP contribution < -0.4 is 4.57 Å². The summed E-state index contributed by atoms with van der Waals surface area (Å²) < 4.78 is 39.5. The number of hydrogen-bond donors (Lipinski definition) is 0. The van der Waals surface area contributed by atoms with Crippen LogP contribution in [0.1, 0.15) is 28.7 Å². The number of fused-ring (bicyclic) bond motifs is 1. The molecule has 0 spiro atoms. The lowest BCUT2D eigenvalue weighted by Crippen LogP contribution is -2.32. The van der Waals surface area contributed by atoms with Crippen LogP contribution in [0.2, 0.25) is 0 Å². The highest BCUT2D eigenvalue weighted by Gasteiger charge is 2.26. The summed E-state index contributed by atoms with van der Waals surface area (Å²) in [5.41, 5.74) is 7.11. The van der Waals surface area contributed by atoms with Crippen LogP contribution >= 0.6 is 0 Å². The Labute approximate surface area is 151 Å². The molecule has 5 heteroatoms. The highest BCUT2D eigenvalue weighted by atomic mass is 19.4. The number of nitrogens with zero attached hydrogens (tertiary/aromatic N) is 2. The Balaban J connectivity index is 2.14. The first-order valence-electron chi connectivity index (χ1n) is 8.58. The molecule has 2 aromatic carbocycles. The smallest absolute Gasteiger partial charge is 0.232 e. The molecule has 0 bridgehead atoms. The Morgan fingerprint density at radius 2 is 1.77 bits per heavy atom. The second-order valence-electron chi connectivity index (χ2n) is 6.93. The summed E-state index contributed by atoms with van der Waals surface area (Å²) in [4.78, 5) is 4.43. The van der Waals surface area contributed by atoms with Gasteiger partial charge >= 0.3 is 6.18 Å². The second kappa shape index (κ2) is 6.71. The third-order valence-electron chi connectivity index (χ3n) is 4.80. The predicted molar refractivity (Wildman–Crippen MR) is 96.9 cm³/mol. The topological polar surface area (TPSA) is 16.8 Å². The van der Waals surface area contributed by atoms with E-state index in [1.54, 1.807) is 18.5 Å². The third-order valence-corrected chi connectivity index (χ3v) is 4.80. The van der Waals surface area contributed by atoms with E-state index >= 15 is 0 Å². The van der Waals surface area contributed by atoms with E-state index < -0.39 is 12.6 Å². The molecule has 0 radical (unpaired) electrons. The van der Waals surface area contributed by atoms with Crippen molar-refractivity contribution in [1.82, 2.24) is 4.98 Å². The third kappa shape index (κ3) is 3.71. The van der Waals surface area contributed by atoms with Gasteiger partial charge < -0.3 is 0 Å². The molecular formula is C21H22F3N2+. The maximum Gasteiger partial charge on any atom is 0.389 e. The molecule has 0 aliphatic heterocycles. The number of alkyl halides is 3. The van der Waals surface area contributed by atoms with E-state index in [0.29, 0.717) is 5.56 Å². The summed E-state index contributed by atoms with van der Waals surface area (Å²) in [5.74, 6) is 0. The summed E-state index contributed by atoms with van der Waals surface area (Å²) in [6, 6.07) is 9.73. The van der Waals surface area contributed by atoms with Crippen LogP contribution in [0.4, 0.5) is 13.2 Å². The lowest BCUT2D eigenvalue weighted by Gasteiger charge is -2.13. The van der Waals surface area contributed by atoms with Crippen LogP contribution in [0, 0.1) is 20.8 Å². The SMILES string of the molecule is Cc1cc(C)c(C)c(-c2c3ccc(CCC(F)(F)F)cc3nc[n+]2C)c1. The Morgan fingerprint density at radius 1 is 1.04 bits per heavy atom. The first kappa shape index (κ1) is 18.4. The first-order valence-corrected chi connectivity index (χ1v) is 8.58. The van der Waals surface area contributed by atoms with Crippen molar-refractivity contribution in [3.63, 3.8) is 0 Å². The average Bonchev–Trinajstić information content (AvgIpc) is 2.56. The van der Waals surface area contributed by atoms with E-state index in [1.165, 1.54) is 16.7 Å². The van der Waals surface area contributed by atoms with Crippen molar-refractivity contribution in [3.05, 3.63) is 58.9 Å². The fourth-order valence-corrected chi connectivity index (χ4v) is 3.34. The Hall–Kier alpha value is -2.43. The normalized spacial score (nSPS) is 12.0. The summed E-state index contributed by atoms with van der Waals surface area (Å²) >= 11 is 0. The van der Waals surface area contributed by atoms with Crippen LogP contribution in [0.5, 0.6) is 0 Å². The zero-order valence-corrected chi connectivity index (χ0v) is 15.4. The number of rotatable bonds is 3. The molecule has 0 fully saturated rings. The lowest BCUT2D eigenvalue weighted by molar-refractivity contribution is -0.662. The molecule has 0 aliphatic rings. The van der Waals surface area contributed by atoms with Gasteiger partial charge in [-0.3, -0.25) is 0 Å². The fraction of sp³-hybridized carbons (Fsp3) is 0.333. The van der Waals surface area contributed by atoms with Crippen molar-refractivity contribution in [1.29, 1.82) is 0 Å². The van der Waals surface area contributed by atoms with Crippen LogP contribution in [-0.2, 0) is 13.5 Å². The molecule has 0 N–H and O–H groups in total. The number of halogens is 3. The Morgan fingerprint density at radius 3 is 2.46 bits per heavy atom. The van der Waals surface area contributed by atoms with Crippen LogP contribution in [0.15, 0.2) is 36.7 Å². The zero-order valence-electron chi connectivity index (χ0n) is 15.4. The van der Waals surface area contributed by atoms with Crippen LogP contribution in [0.25, 0.3) is 22.2 Å². The van der Waals surface area contributed by atoms with Gasteiger partial charge in [0, 0.05) is 12.0 Å². The zero-order chi connectivity index (χ0) is 19.1. The molecular weight excluding hydrogens is 337 g/mol. The monoisotopic (exact) mass is 359 g/mol. The van der Waals surface area contributed by atoms with Gasteiger partial charge in [0.05, 0.1) is 12.4 Å². The maximum absolute atomic E-state index is 12.5. The second-order valence-corrected chi connectivity index (χ2v) is 6.93. The predicted octanol–water partition coefficient (Wildman–Crippen LogP) is 5.15. The number of aryl methyl sites for hydroxylation is 4. The van der Waals surface area contributed by atoms with Gasteiger partial charge in [-0.05, 0) is 67.1 Å². The van der Waals surface area contributed by atoms with E-state index in [0.717, 1.165) is 22.2 Å². The summed E-state index contributed by atoms with van der Waals surface area (Å²) in [6.45, 7) is 6.24. The van der Waals surface area contributed by atoms with Gasteiger partial charge in [0.1, 0.15) is 5.69 Å². The van der Waals surface area contributed by atoms with Gasteiger partial charge in [-0.25, -0.2) is 4.57 Å². The number of benzene rings is 2. The van der Waals surface area contributed by atoms with Crippen LogP contribution in [-0.4, -0.2) is 11.2 Å². The minimum absolute atomic E-state index is 0.0277. The lowest BCUT2D eigenvalue weighted by atomic mass is 9.95. The van der Waals surface area contributed by atoms with Gasteiger partial charge in [-0.15, -0.1) is 0 Å². The van der Waals surface area contributed by atoms with Gasteiger partial charge in [0.2, 0.25) is 0 Å². The minimum Gasteiger partial charge on any atom is -0.232 e. The van der Waals surface area contributed by atoms with Crippen LogP contribution in [0.3, 0.4) is 0 Å². The molecule has 0 saturated carbocycles. The molecule has 0 atom stereocenters. The quantitative estimate of drug-likeness (QED) is 0.591. The molecule has 0 saturated heterocycles. The number of hydrogen-bond acceptors (Lipinski definition) is 1. The number of aromatic nitrogens is 2. The standard InChI is InChI=1S/C21H22F3N2/c1-13-9-14(2)15(3)18(10-13)20-17-6-5-16(7-8-21(22,23)24)11-19(17)25-12-26(20)4/h5-6,9-12H,7-8H2,1-4H3/q+1. The molecule has 3 aromatic rings. The van der Waals surface area contributed by atoms with Crippen molar-refractivity contribution < 1.29 is 17.7 Å². The molecule has 3 rings (SSSR count). The molecule has 0 unspecified atom stereocenters. The minimum atomic E-state index is -4.15. The molecule has 0 aliphatic carbocycles. The van der Waals surface area contributed by atoms with E-state index in [2.05, 4.69) is 37.9 Å². The first-order chi connectivity index (χ1) is 12.2. The average molecular weight is 359 g/mol. The largest absolute Gasteiger partial charge is 0.389 e. The van der Waals surface area contributed by atoms with Gasteiger partial charge in [-0.1, -0.05) is 17.7 Å². The molecule has 1 aromatic heterocycles. The summed E-state index contributed by atoms with van der Waals surface area (Å²) in [7, 11) is 1.94. The highest BCUT2D eigenvalue weighted by Crippen LogP contribution is 2.30. The van der Waals surface area contributed by atoms with Crippen molar-refractivity contribution in [2.45, 2.75) is 39.8 Å². The van der Waals surface area contributed by atoms with Crippen molar-refractivity contribution in [2.24, 2.45) is 7.05 Å². The van der Waals surface area contributed by atoms with E-state index in [1.807, 2.05) is 17.7 Å². The van der Waals surface area contributed by atoms with E-state index in [9.17, 15) is 13.2 Å². The molecule has 26 heavy (non-hydrogen) atoms. The highest BCUT2D eigenvalue weighted by molar-refractivity contribution is 5.91. The van der Waals surface area contributed by atoms with Gasteiger partial charge in [-0.2, -0.15) is 13.2 Å².